The Balaban J connectivity index is 1.81. The van der Waals surface area contributed by atoms with E-state index in [1.807, 2.05) is 30.3 Å². The minimum Gasteiger partial charge on any atom is -0.444 e. The molecule has 0 fully saturated rings. The number of sulfone groups is 1. The van der Waals surface area contributed by atoms with Crippen molar-refractivity contribution in [3.8, 4) is 0 Å². The Morgan fingerprint density at radius 1 is 1.10 bits per heavy atom. The van der Waals surface area contributed by atoms with E-state index in [0.717, 1.165) is 11.1 Å². The van der Waals surface area contributed by atoms with Crippen LogP contribution in [0, 0.1) is 0 Å². The Morgan fingerprint density at radius 3 is 2.33 bits per heavy atom. The Morgan fingerprint density at radius 2 is 1.70 bits per heavy atom. The van der Waals surface area contributed by atoms with Crippen LogP contribution in [0.2, 0.25) is 0 Å². The molecule has 6 nitrogen and oxygen atoms in total. The first-order chi connectivity index (χ1) is 14.0. The average Bonchev–Trinajstić information content (AvgIpc) is 2.65. The van der Waals surface area contributed by atoms with E-state index in [4.69, 9.17) is 4.74 Å². The predicted octanol–water partition coefficient (Wildman–Crippen LogP) is 3.32. The topological polar surface area (TPSA) is 83.9 Å². The van der Waals surface area contributed by atoms with Crippen molar-refractivity contribution in [1.29, 1.82) is 0 Å². The van der Waals surface area contributed by atoms with Crippen molar-refractivity contribution in [2.24, 2.45) is 0 Å². The summed E-state index contributed by atoms with van der Waals surface area (Å²) in [5.74, 6) is -0.575. The van der Waals surface area contributed by atoms with Crippen LogP contribution < -0.4 is 0 Å². The Bertz CT molecular complexity index is 982. The number of fused-ring (bicyclic) bond motifs is 1. The van der Waals surface area contributed by atoms with Gasteiger partial charge >= 0.3 is 6.09 Å². The third-order valence-corrected chi connectivity index (χ3v) is 6.64. The van der Waals surface area contributed by atoms with E-state index in [0.29, 0.717) is 12.0 Å². The molecule has 1 N–H and O–H groups in total. The quantitative estimate of drug-likeness (QED) is 0.785. The summed E-state index contributed by atoms with van der Waals surface area (Å²) in [6.45, 7) is 5.60. The standard InChI is InChI=1S/C23H29NO5S/c1-23(2,3)29-22(26)24-14-19-12-8-7-11-18(19)13-20(24)21(25)16-30(27,28)15-17-9-5-4-6-10-17/h4-12,20-21,25H,13-16H2,1-3H3/t20-,21+/m0/s1. The summed E-state index contributed by atoms with van der Waals surface area (Å²) in [7, 11) is -3.57. The summed E-state index contributed by atoms with van der Waals surface area (Å²) >= 11 is 0. The number of ether oxygens (including phenoxy) is 1. The van der Waals surface area contributed by atoms with Gasteiger partial charge < -0.3 is 9.84 Å². The lowest BCUT2D eigenvalue weighted by Gasteiger charge is -2.39. The highest BCUT2D eigenvalue weighted by atomic mass is 32.2. The minimum atomic E-state index is -3.57. The highest BCUT2D eigenvalue weighted by Gasteiger charge is 2.38. The molecule has 7 heteroatoms. The maximum atomic E-state index is 12.8. The molecule has 0 aromatic heterocycles. The molecule has 0 aliphatic carbocycles. The first-order valence-corrected chi connectivity index (χ1v) is 11.8. The lowest BCUT2D eigenvalue weighted by Crippen LogP contribution is -2.53. The number of aliphatic hydroxyl groups excluding tert-OH is 1. The summed E-state index contributed by atoms with van der Waals surface area (Å²) in [6.07, 6.45) is -1.40. The van der Waals surface area contributed by atoms with Crippen molar-refractivity contribution in [3.05, 3.63) is 71.3 Å². The number of amides is 1. The molecule has 0 saturated heterocycles. The van der Waals surface area contributed by atoms with Gasteiger partial charge in [0.15, 0.2) is 9.84 Å². The summed E-state index contributed by atoms with van der Waals surface area (Å²) < 4.78 is 30.9. The van der Waals surface area contributed by atoms with Gasteiger partial charge in [0.1, 0.15) is 5.60 Å². The normalized spacial score (nSPS) is 17.9. The summed E-state index contributed by atoms with van der Waals surface area (Å²) in [6, 6.07) is 15.9. The summed E-state index contributed by atoms with van der Waals surface area (Å²) in [5.41, 5.74) is 1.95. The fourth-order valence-corrected chi connectivity index (χ4v) is 5.23. The molecule has 1 aliphatic rings. The van der Waals surface area contributed by atoms with E-state index in [-0.39, 0.29) is 12.3 Å². The van der Waals surface area contributed by atoms with E-state index in [1.54, 1.807) is 45.0 Å². The lowest BCUT2D eigenvalue weighted by molar-refractivity contribution is -0.00791. The van der Waals surface area contributed by atoms with Crippen molar-refractivity contribution in [2.75, 3.05) is 5.75 Å². The zero-order chi connectivity index (χ0) is 21.9. The van der Waals surface area contributed by atoms with Crippen molar-refractivity contribution >= 4 is 15.9 Å². The van der Waals surface area contributed by atoms with Gasteiger partial charge in [0.05, 0.1) is 23.7 Å². The van der Waals surface area contributed by atoms with E-state index >= 15 is 0 Å². The number of rotatable bonds is 5. The molecule has 0 saturated carbocycles. The molecule has 1 amide bonds. The molecule has 1 heterocycles. The second-order valence-corrected chi connectivity index (χ2v) is 10.9. The van der Waals surface area contributed by atoms with Crippen molar-refractivity contribution in [3.63, 3.8) is 0 Å². The van der Waals surface area contributed by atoms with E-state index in [1.165, 1.54) is 4.90 Å². The molecule has 2 atom stereocenters. The molecule has 0 spiro atoms. The van der Waals surface area contributed by atoms with Gasteiger partial charge in [-0.05, 0) is 43.9 Å². The fourth-order valence-electron chi connectivity index (χ4n) is 3.67. The molecule has 2 aromatic rings. The van der Waals surface area contributed by atoms with Crippen molar-refractivity contribution < 1.29 is 23.1 Å². The zero-order valence-electron chi connectivity index (χ0n) is 17.6. The van der Waals surface area contributed by atoms with E-state index < -0.39 is 39.4 Å². The molecule has 0 unspecified atom stereocenters. The number of carbonyl (C=O) groups is 1. The number of aliphatic hydroxyl groups is 1. The number of nitrogens with zero attached hydrogens (tertiary/aromatic N) is 1. The van der Waals surface area contributed by atoms with E-state index in [9.17, 15) is 18.3 Å². The first kappa shape index (κ1) is 22.3. The summed E-state index contributed by atoms with van der Waals surface area (Å²) in [4.78, 5) is 14.3. The highest BCUT2D eigenvalue weighted by molar-refractivity contribution is 7.90. The van der Waals surface area contributed by atoms with Crippen LogP contribution in [0.15, 0.2) is 54.6 Å². The Kier molecular flexibility index (Phi) is 6.53. The van der Waals surface area contributed by atoms with Crippen LogP contribution in [0.3, 0.4) is 0 Å². The van der Waals surface area contributed by atoms with E-state index in [2.05, 4.69) is 0 Å². The maximum Gasteiger partial charge on any atom is 0.410 e. The molecule has 1 aliphatic heterocycles. The Hall–Kier alpha value is -2.38. The molecule has 0 radical (unpaired) electrons. The second-order valence-electron chi connectivity index (χ2n) is 8.76. The van der Waals surface area contributed by atoms with Gasteiger partial charge in [-0.1, -0.05) is 54.6 Å². The average molecular weight is 432 g/mol. The SMILES string of the molecule is CC(C)(C)OC(=O)N1Cc2ccccc2C[C@H]1[C@H](O)CS(=O)(=O)Cc1ccccc1. The van der Waals surface area contributed by atoms with Crippen LogP contribution in [-0.4, -0.2) is 48.0 Å². The molecule has 3 rings (SSSR count). The third kappa shape index (κ3) is 5.83. The number of carbonyl (C=O) groups excluding carboxylic acids is 1. The minimum absolute atomic E-state index is 0.152. The third-order valence-electron chi connectivity index (χ3n) is 5.01. The lowest BCUT2D eigenvalue weighted by atomic mass is 9.92. The largest absolute Gasteiger partial charge is 0.444 e. The van der Waals surface area contributed by atoms with Gasteiger partial charge in [-0.3, -0.25) is 4.90 Å². The molecule has 0 bridgehead atoms. The van der Waals surface area contributed by atoms with Gasteiger partial charge in [0.25, 0.3) is 0 Å². The van der Waals surface area contributed by atoms with Crippen LogP contribution in [0.1, 0.15) is 37.5 Å². The van der Waals surface area contributed by atoms with Crippen molar-refractivity contribution in [2.45, 2.75) is 57.2 Å². The van der Waals surface area contributed by atoms with Crippen LogP contribution >= 0.6 is 0 Å². The molecular formula is C23H29NO5S. The predicted molar refractivity (Wildman–Crippen MR) is 116 cm³/mol. The smallest absolute Gasteiger partial charge is 0.410 e. The number of hydrogen-bond donors (Lipinski definition) is 1. The zero-order valence-corrected chi connectivity index (χ0v) is 18.4. The highest BCUT2D eigenvalue weighted by Crippen LogP contribution is 2.27. The maximum absolute atomic E-state index is 12.8. The number of hydrogen-bond acceptors (Lipinski definition) is 5. The molecule has 30 heavy (non-hydrogen) atoms. The summed E-state index contributed by atoms with van der Waals surface area (Å²) in [5, 5.41) is 10.9. The molecule has 162 valence electrons. The van der Waals surface area contributed by atoms with Gasteiger partial charge in [-0.25, -0.2) is 13.2 Å². The van der Waals surface area contributed by atoms with Crippen molar-refractivity contribution in [1.82, 2.24) is 4.90 Å². The Labute approximate surface area is 178 Å². The fraction of sp³-hybridized carbons (Fsp3) is 0.435. The van der Waals surface area contributed by atoms with Gasteiger partial charge in [-0.15, -0.1) is 0 Å². The number of benzene rings is 2. The van der Waals surface area contributed by atoms with Crippen LogP contribution in [0.4, 0.5) is 4.79 Å². The van der Waals surface area contributed by atoms with Gasteiger partial charge in [-0.2, -0.15) is 0 Å². The molecule has 2 aromatic carbocycles. The van der Waals surface area contributed by atoms with Gasteiger partial charge in [0, 0.05) is 6.54 Å². The second kappa shape index (κ2) is 8.78. The first-order valence-electron chi connectivity index (χ1n) is 10.0. The van der Waals surface area contributed by atoms with Crippen LogP contribution in [-0.2, 0) is 33.3 Å². The van der Waals surface area contributed by atoms with Crippen LogP contribution in [0.25, 0.3) is 0 Å². The van der Waals surface area contributed by atoms with Crippen LogP contribution in [0.5, 0.6) is 0 Å². The monoisotopic (exact) mass is 431 g/mol. The van der Waals surface area contributed by atoms with Gasteiger partial charge in [0.2, 0.25) is 0 Å². The molecular weight excluding hydrogens is 402 g/mol.